The Morgan fingerprint density at radius 3 is 1.38 bits per heavy atom. The number of alkyl halides is 4. The van der Waals surface area contributed by atoms with Crippen LogP contribution in [0.1, 0.15) is 194 Å². The molecule has 11 heteroatoms. The molecule has 0 heterocycles. The molecule has 328 valence electrons. The number of hydrogen-bond acceptors (Lipinski definition) is 5. The summed E-state index contributed by atoms with van der Waals surface area (Å²) in [6.45, 7) is 5.24. The van der Waals surface area contributed by atoms with E-state index in [4.69, 9.17) is 4.74 Å². The van der Waals surface area contributed by atoms with Crippen molar-refractivity contribution in [2.45, 2.75) is 212 Å². The molecule has 0 rings (SSSR count). The topological polar surface area (TPSA) is 87.7 Å². The number of carbonyl (C=O) groups excluding carboxylic acids is 3. The highest BCUT2D eigenvalue weighted by molar-refractivity contribution is 5.76. The largest absolute Gasteiger partial charge is 0.462 e. The van der Waals surface area contributed by atoms with Gasteiger partial charge in [-0.1, -0.05) is 116 Å². The van der Waals surface area contributed by atoms with Gasteiger partial charge in [0.05, 0.1) is 0 Å². The van der Waals surface area contributed by atoms with Crippen LogP contribution in [0.15, 0.2) is 24.3 Å². The summed E-state index contributed by atoms with van der Waals surface area (Å²) in [5, 5.41) is 5.41. The van der Waals surface area contributed by atoms with E-state index in [1.165, 1.54) is 12.2 Å². The molecular weight excluding hydrogens is 723 g/mol. The first-order valence-electron chi connectivity index (χ1n) is 22.3. The minimum absolute atomic E-state index is 0.113. The number of esters is 1. The lowest BCUT2D eigenvalue weighted by molar-refractivity contribution is -0.150. The van der Waals surface area contributed by atoms with Crippen LogP contribution in [-0.4, -0.2) is 74.4 Å². The minimum Gasteiger partial charge on any atom is -0.462 e. The van der Waals surface area contributed by atoms with Crippen molar-refractivity contribution in [1.82, 2.24) is 15.5 Å². The molecule has 0 spiro atoms. The third-order valence-electron chi connectivity index (χ3n) is 9.93. The number of unbranched alkanes of at least 4 members (excludes halogenated alkanes) is 16. The lowest BCUT2D eigenvalue weighted by atomic mass is 10.0. The minimum atomic E-state index is -2.83. The zero-order chi connectivity index (χ0) is 41.8. The van der Waals surface area contributed by atoms with E-state index in [0.29, 0.717) is 32.1 Å². The summed E-state index contributed by atoms with van der Waals surface area (Å²) in [6, 6.07) is 0. The second kappa shape index (κ2) is 35.7. The van der Waals surface area contributed by atoms with Crippen LogP contribution in [0.25, 0.3) is 0 Å². The SMILES string of the molecule is CCCCCCCC(F)(F)/C=C\CNC(=O)CCCCCCCC(CCCCCCCC(=O)NC/C=C\C(F)(F)CCCCCCC)OC(=O)CCCN(C)C. The van der Waals surface area contributed by atoms with Gasteiger partial charge in [0.25, 0.3) is 11.8 Å². The third kappa shape index (κ3) is 37.2. The second-order valence-electron chi connectivity index (χ2n) is 15.9. The van der Waals surface area contributed by atoms with Gasteiger partial charge in [-0.15, -0.1) is 0 Å². The maximum atomic E-state index is 14.0. The van der Waals surface area contributed by atoms with Crippen LogP contribution in [0.4, 0.5) is 17.6 Å². The first kappa shape index (κ1) is 53.6. The lowest BCUT2D eigenvalue weighted by Gasteiger charge is -2.18. The summed E-state index contributed by atoms with van der Waals surface area (Å²) >= 11 is 0. The molecule has 2 N–H and O–H groups in total. The maximum absolute atomic E-state index is 14.0. The van der Waals surface area contributed by atoms with Crippen molar-refractivity contribution >= 4 is 17.8 Å². The summed E-state index contributed by atoms with van der Waals surface area (Å²) in [5.41, 5.74) is 0. The predicted molar refractivity (Wildman–Crippen MR) is 223 cm³/mol. The van der Waals surface area contributed by atoms with Gasteiger partial charge in [-0.05, 0) is 90.6 Å². The highest BCUT2D eigenvalue weighted by Gasteiger charge is 2.24. The van der Waals surface area contributed by atoms with Crippen LogP contribution in [0.2, 0.25) is 0 Å². The van der Waals surface area contributed by atoms with Crippen LogP contribution < -0.4 is 10.6 Å². The zero-order valence-electron chi connectivity index (χ0n) is 35.9. The molecule has 0 fully saturated rings. The quantitative estimate of drug-likeness (QED) is 0.0280. The van der Waals surface area contributed by atoms with Crippen molar-refractivity contribution in [3.63, 3.8) is 0 Å². The number of carbonyl (C=O) groups is 3. The Labute approximate surface area is 339 Å². The number of nitrogens with zero attached hydrogens (tertiary/aromatic N) is 1. The molecular formula is C45H81F4N3O4. The highest BCUT2D eigenvalue weighted by Crippen LogP contribution is 2.25. The van der Waals surface area contributed by atoms with Gasteiger partial charge in [-0.2, -0.15) is 0 Å². The molecule has 0 aromatic rings. The summed E-state index contributed by atoms with van der Waals surface area (Å²) in [7, 11) is 3.96. The fourth-order valence-electron chi connectivity index (χ4n) is 6.50. The highest BCUT2D eigenvalue weighted by atomic mass is 19.3. The molecule has 0 aliphatic heterocycles. The van der Waals surface area contributed by atoms with Crippen LogP contribution in [0.3, 0.4) is 0 Å². The van der Waals surface area contributed by atoms with Crippen LogP contribution >= 0.6 is 0 Å². The number of amides is 2. The molecule has 0 aliphatic carbocycles. The van der Waals surface area contributed by atoms with E-state index < -0.39 is 11.8 Å². The predicted octanol–water partition coefficient (Wildman–Crippen LogP) is 12.0. The Bertz CT molecular complexity index is 973. The van der Waals surface area contributed by atoms with Gasteiger partial charge in [0, 0.05) is 45.2 Å². The molecule has 0 saturated carbocycles. The molecule has 0 aliphatic rings. The fourth-order valence-corrected chi connectivity index (χ4v) is 6.50. The first-order chi connectivity index (χ1) is 26.8. The molecule has 7 nitrogen and oxygen atoms in total. The number of ether oxygens (including phenoxy) is 1. The Kier molecular flexibility index (Phi) is 34.2. The third-order valence-corrected chi connectivity index (χ3v) is 9.93. The van der Waals surface area contributed by atoms with Crippen LogP contribution in [-0.2, 0) is 19.1 Å². The molecule has 0 atom stereocenters. The molecule has 0 unspecified atom stereocenters. The molecule has 0 bridgehead atoms. The number of nitrogens with one attached hydrogen (secondary N) is 2. The van der Waals surface area contributed by atoms with Gasteiger partial charge in [-0.25, -0.2) is 17.6 Å². The van der Waals surface area contributed by atoms with E-state index in [1.54, 1.807) is 0 Å². The second-order valence-corrected chi connectivity index (χ2v) is 15.9. The van der Waals surface area contributed by atoms with Crippen molar-refractivity contribution in [3.05, 3.63) is 24.3 Å². The van der Waals surface area contributed by atoms with E-state index in [9.17, 15) is 31.9 Å². The molecule has 0 aromatic heterocycles. The fraction of sp³-hybridized carbons (Fsp3) is 0.844. The van der Waals surface area contributed by atoms with E-state index in [2.05, 4.69) is 24.5 Å². The van der Waals surface area contributed by atoms with Gasteiger partial charge in [-0.3, -0.25) is 14.4 Å². The van der Waals surface area contributed by atoms with Crippen molar-refractivity contribution in [2.75, 3.05) is 33.7 Å². The molecule has 0 aromatic carbocycles. The van der Waals surface area contributed by atoms with Gasteiger partial charge >= 0.3 is 5.97 Å². The van der Waals surface area contributed by atoms with Crippen LogP contribution in [0.5, 0.6) is 0 Å². The Morgan fingerprint density at radius 1 is 0.554 bits per heavy atom. The summed E-state index contributed by atoms with van der Waals surface area (Å²) in [5.74, 6) is -6.07. The van der Waals surface area contributed by atoms with E-state index in [-0.39, 0.29) is 49.8 Å². The maximum Gasteiger partial charge on any atom is 0.306 e. The van der Waals surface area contributed by atoms with E-state index >= 15 is 0 Å². The lowest BCUT2D eigenvalue weighted by Crippen LogP contribution is -2.23. The number of halogens is 4. The Balaban J connectivity index is 4.28. The summed E-state index contributed by atoms with van der Waals surface area (Å²) in [4.78, 5) is 38.9. The molecule has 0 radical (unpaired) electrons. The molecule has 2 amide bonds. The number of rotatable bonds is 39. The first-order valence-corrected chi connectivity index (χ1v) is 22.3. The van der Waals surface area contributed by atoms with E-state index in [1.807, 2.05) is 19.0 Å². The number of hydrogen-bond donors (Lipinski definition) is 2. The number of allylic oxidation sites excluding steroid dienone is 2. The van der Waals surface area contributed by atoms with Gasteiger partial charge in [0.15, 0.2) is 0 Å². The molecule has 56 heavy (non-hydrogen) atoms. The summed E-state index contributed by atoms with van der Waals surface area (Å²) < 4.78 is 61.8. The van der Waals surface area contributed by atoms with Crippen molar-refractivity contribution in [1.29, 1.82) is 0 Å². The molecule has 0 saturated heterocycles. The van der Waals surface area contributed by atoms with Gasteiger partial charge in [0.1, 0.15) is 6.10 Å². The summed E-state index contributed by atoms with van der Waals surface area (Å²) in [6.07, 6.45) is 25.6. The van der Waals surface area contributed by atoms with Gasteiger partial charge < -0.3 is 20.3 Å². The Morgan fingerprint density at radius 2 is 0.946 bits per heavy atom. The standard InChI is InChI=1S/C45H81F4N3O4/c1-5-7-9-17-23-33-44(46,47)35-26-37-50-41(53)30-21-15-11-13-19-28-40(56-43(55)32-25-39-52(3)4)29-20-14-12-16-22-31-42(54)51-38-27-36-45(48,49)34-24-18-10-8-6-2/h26-27,35-36,40H,5-25,28-34,37-39H2,1-4H3,(H,50,53)(H,51,54)/b35-26-,36-27-. The van der Waals surface area contributed by atoms with Crippen molar-refractivity contribution in [2.24, 2.45) is 0 Å². The van der Waals surface area contributed by atoms with Gasteiger partial charge in [0.2, 0.25) is 11.8 Å². The smallest absolute Gasteiger partial charge is 0.306 e. The van der Waals surface area contributed by atoms with Crippen LogP contribution in [0, 0.1) is 0 Å². The normalized spacial score (nSPS) is 12.4. The van der Waals surface area contributed by atoms with E-state index in [0.717, 1.165) is 154 Å². The van der Waals surface area contributed by atoms with Crippen molar-refractivity contribution in [3.8, 4) is 0 Å². The zero-order valence-corrected chi connectivity index (χ0v) is 35.9. The Hall–Kier alpha value is -2.43. The monoisotopic (exact) mass is 804 g/mol. The van der Waals surface area contributed by atoms with Crippen molar-refractivity contribution < 1.29 is 36.7 Å². The average molecular weight is 804 g/mol. The average Bonchev–Trinajstić information content (AvgIpc) is 3.13.